The zero-order valence-electron chi connectivity index (χ0n) is 11.7. The average Bonchev–Trinajstić information content (AvgIpc) is 2.48. The lowest BCUT2D eigenvalue weighted by atomic mass is 10.1. The summed E-state index contributed by atoms with van der Waals surface area (Å²) in [5, 5.41) is 5.25. The van der Waals surface area contributed by atoms with Crippen LogP contribution in [-0.4, -0.2) is 23.8 Å². The van der Waals surface area contributed by atoms with Gasteiger partial charge in [0.05, 0.1) is 0 Å². The summed E-state index contributed by atoms with van der Waals surface area (Å²) in [6.07, 6.45) is 1.42. The Balaban J connectivity index is 2.22. The summed E-state index contributed by atoms with van der Waals surface area (Å²) in [5.74, 6) is -0.567. The van der Waals surface area contributed by atoms with Crippen molar-refractivity contribution in [3.63, 3.8) is 0 Å². The number of anilines is 1. The molecule has 2 amide bonds. The standard InChI is InChI=1S/C15H15N3O3/c1-9-7-10(14(20)16-2)3-4-12(9)18-15(21)11-5-6-17-13(19)8-11/h3-8H,1-2H3,(H,16,20)(H,17,19)(H,18,21). The number of amides is 2. The van der Waals surface area contributed by atoms with Gasteiger partial charge in [0.1, 0.15) is 0 Å². The minimum atomic E-state index is -0.378. The Bertz CT molecular complexity index is 750. The van der Waals surface area contributed by atoms with Crippen LogP contribution in [0.1, 0.15) is 26.3 Å². The van der Waals surface area contributed by atoms with E-state index in [1.54, 1.807) is 32.2 Å². The third-order valence-electron chi connectivity index (χ3n) is 3.00. The van der Waals surface area contributed by atoms with Gasteiger partial charge in [-0.25, -0.2) is 0 Å². The highest BCUT2D eigenvalue weighted by Gasteiger charge is 2.10. The molecule has 2 aromatic rings. The first-order chi connectivity index (χ1) is 10.0. The van der Waals surface area contributed by atoms with Crippen LogP contribution >= 0.6 is 0 Å². The van der Waals surface area contributed by atoms with Gasteiger partial charge < -0.3 is 15.6 Å². The Labute approximate surface area is 121 Å². The highest BCUT2D eigenvalue weighted by molar-refractivity contribution is 6.05. The first kappa shape index (κ1) is 14.5. The molecule has 0 unspecified atom stereocenters. The molecule has 0 fully saturated rings. The van der Waals surface area contributed by atoms with Crippen LogP contribution in [0.2, 0.25) is 0 Å². The molecule has 0 spiro atoms. The number of aromatic nitrogens is 1. The topological polar surface area (TPSA) is 91.1 Å². The fraction of sp³-hybridized carbons (Fsp3) is 0.133. The van der Waals surface area contributed by atoms with Gasteiger partial charge in [0.25, 0.3) is 11.8 Å². The summed E-state index contributed by atoms with van der Waals surface area (Å²) < 4.78 is 0. The monoisotopic (exact) mass is 285 g/mol. The van der Waals surface area contributed by atoms with Gasteiger partial charge in [-0.15, -0.1) is 0 Å². The van der Waals surface area contributed by atoms with E-state index in [9.17, 15) is 14.4 Å². The van der Waals surface area contributed by atoms with Crippen molar-refractivity contribution >= 4 is 17.5 Å². The van der Waals surface area contributed by atoms with E-state index in [0.29, 0.717) is 11.3 Å². The summed E-state index contributed by atoms with van der Waals surface area (Å²) >= 11 is 0. The number of carbonyl (C=O) groups is 2. The third-order valence-corrected chi connectivity index (χ3v) is 3.00. The summed E-state index contributed by atoms with van der Waals surface area (Å²) in [6.45, 7) is 1.79. The van der Waals surface area contributed by atoms with Crippen LogP contribution < -0.4 is 16.2 Å². The highest BCUT2D eigenvalue weighted by atomic mass is 16.2. The maximum Gasteiger partial charge on any atom is 0.255 e. The van der Waals surface area contributed by atoms with E-state index >= 15 is 0 Å². The van der Waals surface area contributed by atoms with Crippen LogP contribution in [0.25, 0.3) is 0 Å². The summed E-state index contributed by atoms with van der Waals surface area (Å²) in [4.78, 5) is 37.2. The van der Waals surface area contributed by atoms with Crippen molar-refractivity contribution < 1.29 is 9.59 Å². The molecule has 0 radical (unpaired) electrons. The van der Waals surface area contributed by atoms with Crippen molar-refractivity contribution in [3.05, 3.63) is 63.6 Å². The summed E-state index contributed by atoms with van der Waals surface area (Å²) in [7, 11) is 1.56. The van der Waals surface area contributed by atoms with Crippen LogP contribution in [0.5, 0.6) is 0 Å². The molecule has 108 valence electrons. The molecular weight excluding hydrogens is 270 g/mol. The van der Waals surface area contributed by atoms with Crippen LogP contribution in [0.15, 0.2) is 41.3 Å². The predicted molar refractivity (Wildman–Crippen MR) is 79.6 cm³/mol. The quantitative estimate of drug-likeness (QED) is 0.793. The van der Waals surface area contributed by atoms with Gasteiger partial charge in [0.2, 0.25) is 5.56 Å². The number of aryl methyl sites for hydroxylation is 1. The van der Waals surface area contributed by atoms with E-state index in [0.717, 1.165) is 5.56 Å². The van der Waals surface area contributed by atoms with Crippen LogP contribution in [0.3, 0.4) is 0 Å². The molecule has 2 rings (SSSR count). The molecule has 1 heterocycles. The lowest BCUT2D eigenvalue weighted by Gasteiger charge is -2.09. The van der Waals surface area contributed by atoms with Crippen molar-refractivity contribution in [3.8, 4) is 0 Å². The molecular formula is C15H15N3O3. The number of H-pyrrole nitrogens is 1. The summed E-state index contributed by atoms with van der Waals surface area (Å²) in [6, 6.07) is 7.71. The molecule has 1 aromatic heterocycles. The third kappa shape index (κ3) is 3.36. The first-order valence-electron chi connectivity index (χ1n) is 6.34. The van der Waals surface area contributed by atoms with Crippen LogP contribution in [-0.2, 0) is 0 Å². The largest absolute Gasteiger partial charge is 0.355 e. The van der Waals surface area contributed by atoms with E-state index in [1.807, 2.05) is 0 Å². The van der Waals surface area contributed by atoms with Gasteiger partial charge in [-0.05, 0) is 36.8 Å². The van der Waals surface area contributed by atoms with E-state index in [-0.39, 0.29) is 22.9 Å². The van der Waals surface area contributed by atoms with Gasteiger partial charge >= 0.3 is 0 Å². The molecule has 0 aliphatic heterocycles. The van der Waals surface area contributed by atoms with Crippen LogP contribution in [0.4, 0.5) is 5.69 Å². The second kappa shape index (κ2) is 6.04. The van der Waals surface area contributed by atoms with Gasteiger partial charge in [0.15, 0.2) is 0 Å². The molecule has 0 aliphatic rings. The minimum Gasteiger partial charge on any atom is -0.355 e. The Morgan fingerprint density at radius 3 is 2.38 bits per heavy atom. The molecule has 21 heavy (non-hydrogen) atoms. The Morgan fingerprint density at radius 2 is 1.76 bits per heavy atom. The van der Waals surface area contributed by atoms with Gasteiger partial charge in [-0.1, -0.05) is 0 Å². The number of aromatic amines is 1. The Kier molecular flexibility index (Phi) is 4.18. The lowest BCUT2D eigenvalue weighted by molar-refractivity contribution is 0.0962. The number of pyridine rings is 1. The first-order valence-corrected chi connectivity index (χ1v) is 6.34. The highest BCUT2D eigenvalue weighted by Crippen LogP contribution is 2.17. The van der Waals surface area contributed by atoms with Crippen molar-refractivity contribution in [2.75, 3.05) is 12.4 Å². The molecule has 1 aromatic carbocycles. The molecule has 0 saturated carbocycles. The van der Waals surface area contributed by atoms with Crippen molar-refractivity contribution in [2.45, 2.75) is 6.92 Å². The number of nitrogens with one attached hydrogen (secondary N) is 3. The smallest absolute Gasteiger partial charge is 0.255 e. The van der Waals surface area contributed by atoms with E-state index in [2.05, 4.69) is 15.6 Å². The van der Waals surface area contributed by atoms with Crippen molar-refractivity contribution in [1.29, 1.82) is 0 Å². The number of benzene rings is 1. The molecule has 0 atom stereocenters. The van der Waals surface area contributed by atoms with Gasteiger partial charge in [-0.3, -0.25) is 14.4 Å². The predicted octanol–water partition coefficient (Wildman–Crippen LogP) is 1.30. The molecule has 0 saturated heterocycles. The maximum absolute atomic E-state index is 12.1. The van der Waals surface area contributed by atoms with Crippen LogP contribution in [0, 0.1) is 6.92 Å². The number of carbonyl (C=O) groups excluding carboxylic acids is 2. The van der Waals surface area contributed by atoms with Crippen molar-refractivity contribution in [2.24, 2.45) is 0 Å². The zero-order chi connectivity index (χ0) is 15.4. The Hall–Kier alpha value is -2.89. The fourth-order valence-electron chi connectivity index (χ4n) is 1.87. The molecule has 3 N–H and O–H groups in total. The molecule has 0 aliphatic carbocycles. The SMILES string of the molecule is CNC(=O)c1ccc(NC(=O)c2cc[nH]c(=O)c2)c(C)c1. The minimum absolute atomic E-state index is 0.189. The molecule has 0 bridgehead atoms. The average molecular weight is 285 g/mol. The van der Waals surface area contributed by atoms with E-state index in [1.165, 1.54) is 18.3 Å². The van der Waals surface area contributed by atoms with E-state index in [4.69, 9.17) is 0 Å². The fourth-order valence-corrected chi connectivity index (χ4v) is 1.87. The number of hydrogen-bond acceptors (Lipinski definition) is 3. The second-order valence-corrected chi connectivity index (χ2v) is 4.50. The normalized spacial score (nSPS) is 10.0. The number of hydrogen-bond donors (Lipinski definition) is 3. The zero-order valence-corrected chi connectivity index (χ0v) is 11.7. The molecule has 6 nitrogen and oxygen atoms in total. The van der Waals surface area contributed by atoms with Gasteiger partial charge in [-0.2, -0.15) is 0 Å². The molecule has 6 heteroatoms. The number of rotatable bonds is 3. The van der Waals surface area contributed by atoms with E-state index < -0.39 is 0 Å². The second-order valence-electron chi connectivity index (χ2n) is 4.50. The van der Waals surface area contributed by atoms with Crippen molar-refractivity contribution in [1.82, 2.24) is 10.3 Å². The Morgan fingerprint density at radius 1 is 1.05 bits per heavy atom. The summed E-state index contributed by atoms with van der Waals surface area (Å²) in [5.41, 5.74) is 1.80. The van der Waals surface area contributed by atoms with Gasteiger partial charge in [0, 0.05) is 36.1 Å². The lowest BCUT2D eigenvalue weighted by Crippen LogP contribution is -2.19. The maximum atomic E-state index is 12.1.